The van der Waals surface area contributed by atoms with Crippen LogP contribution in [-0.2, 0) is 16.1 Å². The summed E-state index contributed by atoms with van der Waals surface area (Å²) in [6.07, 6.45) is 3.55. The third kappa shape index (κ3) is 4.06. The summed E-state index contributed by atoms with van der Waals surface area (Å²) >= 11 is 1.42. The van der Waals surface area contributed by atoms with Gasteiger partial charge in [-0.25, -0.2) is 4.98 Å². The number of hydrogen-bond donors (Lipinski definition) is 2. The highest BCUT2D eigenvalue weighted by Crippen LogP contribution is 2.30. The fourth-order valence-corrected chi connectivity index (χ4v) is 3.45. The van der Waals surface area contributed by atoms with Gasteiger partial charge in [-0.05, 0) is 48.6 Å². The molecule has 0 bridgehead atoms. The minimum Gasteiger partial charge on any atom is -0.326 e. The van der Waals surface area contributed by atoms with E-state index < -0.39 is 0 Å². The van der Waals surface area contributed by atoms with E-state index in [2.05, 4.69) is 15.6 Å². The van der Waals surface area contributed by atoms with Gasteiger partial charge in [0, 0.05) is 30.3 Å². The number of benzene rings is 1. The molecular weight excluding hydrogens is 364 g/mol. The van der Waals surface area contributed by atoms with Crippen molar-refractivity contribution in [2.45, 2.75) is 25.8 Å². The average molecular weight is 382 g/mol. The predicted octanol–water partition coefficient (Wildman–Crippen LogP) is 2.84. The summed E-state index contributed by atoms with van der Waals surface area (Å²) in [6.45, 7) is 0.263. The number of aryl methyl sites for hydroxylation is 1. The maximum Gasteiger partial charge on any atom is 0.262 e. The third-order valence-corrected chi connectivity index (χ3v) is 5.24. The number of hydrogen-bond acceptors (Lipinski definition) is 5. The van der Waals surface area contributed by atoms with Gasteiger partial charge in [0.1, 0.15) is 4.83 Å². The maximum absolute atomic E-state index is 12.3. The summed E-state index contributed by atoms with van der Waals surface area (Å²) in [5.74, 6) is 0.00564. The van der Waals surface area contributed by atoms with Crippen LogP contribution in [0.5, 0.6) is 0 Å². The van der Waals surface area contributed by atoms with Gasteiger partial charge < -0.3 is 10.6 Å². The lowest BCUT2D eigenvalue weighted by Crippen LogP contribution is -2.23. The minimum atomic E-state index is -0.193. The van der Waals surface area contributed by atoms with Crippen LogP contribution in [0.3, 0.4) is 0 Å². The van der Waals surface area contributed by atoms with E-state index in [1.54, 1.807) is 30.3 Å². The number of aromatic nitrogens is 2. The van der Waals surface area contributed by atoms with Crippen molar-refractivity contribution in [2.24, 2.45) is 5.92 Å². The van der Waals surface area contributed by atoms with Crippen LogP contribution in [0.1, 0.15) is 19.3 Å². The van der Waals surface area contributed by atoms with Crippen LogP contribution in [0.15, 0.2) is 46.8 Å². The predicted molar refractivity (Wildman–Crippen MR) is 105 cm³/mol. The molecule has 0 atom stereocenters. The zero-order valence-corrected chi connectivity index (χ0v) is 15.3. The highest BCUT2D eigenvalue weighted by molar-refractivity contribution is 7.16. The molecule has 27 heavy (non-hydrogen) atoms. The van der Waals surface area contributed by atoms with E-state index in [9.17, 15) is 14.4 Å². The zero-order valence-electron chi connectivity index (χ0n) is 14.5. The lowest BCUT2D eigenvalue weighted by atomic mass is 10.2. The number of nitrogens with zero attached hydrogens (tertiary/aromatic N) is 2. The largest absolute Gasteiger partial charge is 0.326 e. The Balaban J connectivity index is 1.32. The van der Waals surface area contributed by atoms with Gasteiger partial charge >= 0.3 is 0 Å². The molecule has 3 aromatic rings. The Hall–Kier alpha value is -3.00. The molecule has 0 saturated heterocycles. The van der Waals surface area contributed by atoms with Gasteiger partial charge in [-0.1, -0.05) is 0 Å². The summed E-state index contributed by atoms with van der Waals surface area (Å²) in [5.41, 5.74) is 1.22. The number of carbonyl (C=O) groups excluding carboxylic acids is 2. The molecule has 2 aromatic heterocycles. The molecule has 1 aliphatic rings. The lowest BCUT2D eigenvalue weighted by Gasteiger charge is -2.08. The highest BCUT2D eigenvalue weighted by atomic mass is 32.1. The smallest absolute Gasteiger partial charge is 0.262 e. The number of anilines is 2. The molecule has 0 aliphatic heterocycles. The molecule has 1 saturated carbocycles. The molecule has 0 radical (unpaired) electrons. The van der Waals surface area contributed by atoms with Crippen molar-refractivity contribution >= 4 is 44.7 Å². The number of fused-ring (bicyclic) bond motifs is 1. The quantitative estimate of drug-likeness (QED) is 0.686. The maximum atomic E-state index is 12.3. The van der Waals surface area contributed by atoms with Crippen molar-refractivity contribution in [3.05, 3.63) is 52.4 Å². The average Bonchev–Trinajstić information content (AvgIpc) is 3.40. The van der Waals surface area contributed by atoms with E-state index in [1.165, 1.54) is 22.2 Å². The SMILES string of the molecule is O=C(CCn1cnc2sccc2c1=O)Nc1ccc(NC(=O)C2CC2)cc1. The molecule has 2 N–H and O–H groups in total. The summed E-state index contributed by atoms with van der Waals surface area (Å²) in [5, 5.41) is 8.05. The van der Waals surface area contributed by atoms with E-state index in [0.717, 1.165) is 12.8 Å². The van der Waals surface area contributed by atoms with Gasteiger partial charge in [0.2, 0.25) is 11.8 Å². The second kappa shape index (κ2) is 7.32. The van der Waals surface area contributed by atoms with Crippen LogP contribution in [0.4, 0.5) is 11.4 Å². The molecule has 8 heteroatoms. The van der Waals surface area contributed by atoms with Gasteiger partial charge in [-0.3, -0.25) is 19.0 Å². The first-order chi connectivity index (χ1) is 13.1. The third-order valence-electron chi connectivity index (χ3n) is 4.41. The van der Waals surface area contributed by atoms with E-state index in [1.807, 2.05) is 5.38 Å². The van der Waals surface area contributed by atoms with Gasteiger partial charge in [0.25, 0.3) is 5.56 Å². The molecule has 1 aromatic carbocycles. The van der Waals surface area contributed by atoms with Gasteiger partial charge in [-0.2, -0.15) is 0 Å². The second-order valence-corrected chi connectivity index (χ2v) is 7.42. The zero-order chi connectivity index (χ0) is 18.8. The summed E-state index contributed by atoms with van der Waals surface area (Å²) in [7, 11) is 0. The van der Waals surface area contributed by atoms with E-state index in [-0.39, 0.29) is 36.3 Å². The van der Waals surface area contributed by atoms with Crippen LogP contribution in [0.25, 0.3) is 10.2 Å². The molecule has 4 rings (SSSR count). The van der Waals surface area contributed by atoms with Crippen molar-refractivity contribution in [1.29, 1.82) is 0 Å². The first kappa shape index (κ1) is 17.4. The molecule has 138 valence electrons. The lowest BCUT2D eigenvalue weighted by molar-refractivity contribution is -0.117. The molecular formula is C19H18N4O3S. The van der Waals surface area contributed by atoms with Crippen LogP contribution < -0.4 is 16.2 Å². The molecule has 0 unspecified atom stereocenters. The Morgan fingerprint density at radius 1 is 1.11 bits per heavy atom. The molecule has 7 nitrogen and oxygen atoms in total. The van der Waals surface area contributed by atoms with Gasteiger partial charge in [-0.15, -0.1) is 11.3 Å². The van der Waals surface area contributed by atoms with Crippen molar-refractivity contribution in [3.8, 4) is 0 Å². The van der Waals surface area contributed by atoms with E-state index in [4.69, 9.17) is 0 Å². The Bertz CT molecular complexity index is 1050. The van der Waals surface area contributed by atoms with Crippen LogP contribution in [0, 0.1) is 5.92 Å². The van der Waals surface area contributed by atoms with Crippen molar-refractivity contribution in [2.75, 3.05) is 10.6 Å². The molecule has 1 fully saturated rings. The summed E-state index contributed by atoms with van der Waals surface area (Å²) in [6, 6.07) is 8.75. The standard InChI is InChI=1S/C19H18N4O3S/c24-16(7-9-23-11-20-18-15(19(23)26)8-10-27-18)21-13-3-5-14(6-4-13)22-17(25)12-1-2-12/h3-6,8,10-12H,1-2,7,9H2,(H,21,24)(H,22,25). The topological polar surface area (TPSA) is 93.1 Å². The Morgan fingerprint density at radius 2 is 1.81 bits per heavy atom. The Kier molecular flexibility index (Phi) is 4.72. The number of amides is 2. The number of carbonyl (C=O) groups is 2. The van der Waals surface area contributed by atoms with Crippen molar-refractivity contribution in [1.82, 2.24) is 9.55 Å². The monoisotopic (exact) mass is 382 g/mol. The second-order valence-electron chi connectivity index (χ2n) is 6.52. The number of rotatable bonds is 6. The van der Waals surface area contributed by atoms with Crippen molar-refractivity contribution < 1.29 is 9.59 Å². The molecule has 2 amide bonds. The fourth-order valence-electron chi connectivity index (χ4n) is 2.72. The molecule has 1 aliphatic carbocycles. The van der Waals surface area contributed by atoms with Crippen LogP contribution >= 0.6 is 11.3 Å². The van der Waals surface area contributed by atoms with E-state index >= 15 is 0 Å². The molecule has 0 spiro atoms. The van der Waals surface area contributed by atoms with Gasteiger partial charge in [0.05, 0.1) is 11.7 Å². The van der Waals surface area contributed by atoms with Crippen LogP contribution in [-0.4, -0.2) is 21.4 Å². The van der Waals surface area contributed by atoms with Crippen LogP contribution in [0.2, 0.25) is 0 Å². The summed E-state index contributed by atoms with van der Waals surface area (Å²) in [4.78, 5) is 41.1. The normalized spacial score (nSPS) is 13.5. The number of nitrogens with one attached hydrogen (secondary N) is 2. The fraction of sp³-hybridized carbons (Fsp3) is 0.263. The Morgan fingerprint density at radius 3 is 2.52 bits per heavy atom. The van der Waals surface area contributed by atoms with Crippen molar-refractivity contribution in [3.63, 3.8) is 0 Å². The van der Waals surface area contributed by atoms with Gasteiger partial charge in [0.15, 0.2) is 0 Å². The Labute approximate surface area is 159 Å². The summed E-state index contributed by atoms with van der Waals surface area (Å²) < 4.78 is 1.45. The number of thiophene rings is 1. The minimum absolute atomic E-state index is 0.0495. The first-order valence-corrected chi connectivity index (χ1v) is 9.61. The molecule has 2 heterocycles. The highest BCUT2D eigenvalue weighted by Gasteiger charge is 2.29. The van der Waals surface area contributed by atoms with E-state index in [0.29, 0.717) is 21.6 Å². The first-order valence-electron chi connectivity index (χ1n) is 8.73.